The molecule has 1 rings (SSSR count). The average Bonchev–Trinajstić information content (AvgIpc) is 2.66. The maximum absolute atomic E-state index is 13.6. The summed E-state index contributed by atoms with van der Waals surface area (Å²) in [5.74, 6) is -6.46. The number of unbranched alkanes of at least 4 members (excludes halogenated alkanes) is 3. The molecule has 0 saturated carbocycles. The van der Waals surface area contributed by atoms with Crippen molar-refractivity contribution in [2.24, 2.45) is 0 Å². The van der Waals surface area contributed by atoms with Gasteiger partial charge in [0.2, 0.25) is 0 Å². The molecule has 0 aliphatic rings. The van der Waals surface area contributed by atoms with Crippen LogP contribution in [0.4, 0.5) is 17.6 Å². The fourth-order valence-electron chi connectivity index (χ4n) is 2.33. The minimum atomic E-state index is -1.58. The smallest absolute Gasteiger partial charge is 0.251 e. The quantitative estimate of drug-likeness (QED) is 0.213. The fraction of sp³-hybridized carbons (Fsp3) is 0.600. The molecule has 164 valence electrons. The van der Waals surface area contributed by atoms with E-state index in [1.165, 1.54) is 0 Å². The topological polar surface area (TPSA) is 55.4 Å². The minimum absolute atomic E-state index is 0.0127. The van der Waals surface area contributed by atoms with Gasteiger partial charge in [0.1, 0.15) is 5.60 Å². The van der Waals surface area contributed by atoms with Gasteiger partial charge in [-0.2, -0.15) is 0 Å². The number of carbonyl (C=O) groups excluding carboxylic acids is 2. The van der Waals surface area contributed by atoms with Gasteiger partial charge in [-0.1, -0.05) is 19.8 Å². The third-order valence-corrected chi connectivity index (χ3v) is 5.13. The van der Waals surface area contributed by atoms with Crippen LogP contribution >= 0.6 is 11.8 Å². The summed E-state index contributed by atoms with van der Waals surface area (Å²) in [7, 11) is 0. The van der Waals surface area contributed by atoms with Crippen LogP contribution in [0, 0.1) is 23.3 Å². The molecule has 1 amide bonds. The van der Waals surface area contributed by atoms with Crippen molar-refractivity contribution in [3.63, 3.8) is 0 Å². The van der Waals surface area contributed by atoms with Crippen molar-refractivity contribution >= 4 is 22.8 Å². The van der Waals surface area contributed by atoms with Gasteiger partial charge in [-0.05, 0) is 44.9 Å². The first-order chi connectivity index (χ1) is 13.6. The second-order valence-corrected chi connectivity index (χ2v) is 8.12. The van der Waals surface area contributed by atoms with Gasteiger partial charge in [-0.15, -0.1) is 0 Å². The van der Waals surface area contributed by atoms with Gasteiger partial charge in [0, 0.05) is 25.6 Å². The van der Waals surface area contributed by atoms with Crippen molar-refractivity contribution < 1.29 is 31.9 Å². The van der Waals surface area contributed by atoms with Crippen molar-refractivity contribution in [1.82, 2.24) is 5.32 Å². The Hall–Kier alpha value is -1.61. The highest BCUT2D eigenvalue weighted by atomic mass is 32.2. The monoisotopic (exact) mass is 437 g/mol. The molecule has 0 unspecified atom stereocenters. The number of thioether (sulfide) groups is 1. The number of carbonyl (C=O) groups is 2. The van der Waals surface area contributed by atoms with E-state index in [1.54, 1.807) is 13.8 Å². The molecule has 0 heterocycles. The molecule has 0 atom stereocenters. The van der Waals surface area contributed by atoms with Gasteiger partial charge in [-0.3, -0.25) is 9.59 Å². The molecule has 1 N–H and O–H groups in total. The molecular weight excluding hydrogens is 410 g/mol. The maximum atomic E-state index is 13.6. The van der Waals surface area contributed by atoms with E-state index in [-0.39, 0.29) is 30.2 Å². The molecule has 0 radical (unpaired) electrons. The van der Waals surface area contributed by atoms with Crippen LogP contribution in [0.5, 0.6) is 0 Å². The molecule has 0 fully saturated rings. The van der Waals surface area contributed by atoms with E-state index in [0.29, 0.717) is 32.4 Å². The molecule has 1 aromatic carbocycles. The van der Waals surface area contributed by atoms with E-state index in [1.807, 2.05) is 6.92 Å². The lowest BCUT2D eigenvalue weighted by Crippen LogP contribution is -2.44. The van der Waals surface area contributed by atoms with Gasteiger partial charge < -0.3 is 10.1 Å². The molecule has 0 aromatic heterocycles. The molecular formula is C20H27F4NO3S. The summed E-state index contributed by atoms with van der Waals surface area (Å²) < 4.78 is 59.0. The average molecular weight is 437 g/mol. The van der Waals surface area contributed by atoms with E-state index in [9.17, 15) is 27.2 Å². The van der Waals surface area contributed by atoms with E-state index < -0.39 is 38.9 Å². The van der Waals surface area contributed by atoms with Gasteiger partial charge in [-0.25, -0.2) is 17.6 Å². The Morgan fingerprint density at radius 3 is 2.24 bits per heavy atom. The van der Waals surface area contributed by atoms with Crippen LogP contribution in [-0.4, -0.2) is 29.8 Å². The highest BCUT2D eigenvalue weighted by Gasteiger charge is 2.27. The van der Waals surface area contributed by atoms with Gasteiger partial charge in [0.25, 0.3) is 5.91 Å². The van der Waals surface area contributed by atoms with Crippen molar-refractivity contribution in [3.8, 4) is 0 Å². The first-order valence-corrected chi connectivity index (χ1v) is 10.4. The van der Waals surface area contributed by atoms with E-state index >= 15 is 0 Å². The number of hydrogen-bond acceptors (Lipinski definition) is 4. The van der Waals surface area contributed by atoms with Crippen LogP contribution in [0.2, 0.25) is 0 Å². The number of nitrogens with one attached hydrogen (secondary N) is 1. The van der Waals surface area contributed by atoms with Crippen LogP contribution in [-0.2, 0) is 14.3 Å². The third-order valence-electron chi connectivity index (χ3n) is 4.14. The summed E-state index contributed by atoms with van der Waals surface area (Å²) in [5, 5.41) is 2.17. The predicted octanol–water partition coefficient (Wildman–Crippen LogP) is 5.13. The van der Waals surface area contributed by atoms with Crippen molar-refractivity contribution in [1.29, 1.82) is 0 Å². The van der Waals surface area contributed by atoms with Crippen LogP contribution in [0.15, 0.2) is 11.0 Å². The molecule has 0 saturated heterocycles. The van der Waals surface area contributed by atoms with E-state index in [4.69, 9.17) is 4.74 Å². The molecule has 0 aliphatic heterocycles. The van der Waals surface area contributed by atoms with Crippen molar-refractivity contribution in [2.75, 3.05) is 13.2 Å². The minimum Gasteiger partial charge on any atom is -0.366 e. The molecule has 29 heavy (non-hydrogen) atoms. The summed E-state index contributed by atoms with van der Waals surface area (Å²) in [6.45, 7) is 6.33. The zero-order valence-corrected chi connectivity index (χ0v) is 17.7. The van der Waals surface area contributed by atoms with Crippen LogP contribution in [0.25, 0.3) is 0 Å². The lowest BCUT2D eigenvalue weighted by atomic mass is 10.1. The number of amides is 1. The molecule has 0 aliphatic carbocycles. The normalized spacial score (nSPS) is 11.6. The lowest BCUT2D eigenvalue weighted by molar-refractivity contribution is -0.142. The summed E-state index contributed by atoms with van der Waals surface area (Å²) in [5.41, 5.74) is -0.920. The SMILES string of the molecule is CCCCOC(C)(C)C(=O)NCCCCCC(=O)Sc1c(F)c(F)cc(F)c1F. The second-order valence-electron chi connectivity index (χ2n) is 7.05. The molecule has 1 aromatic rings. The number of ether oxygens (including phenoxy) is 1. The summed E-state index contributed by atoms with van der Waals surface area (Å²) in [4.78, 5) is 23.0. The maximum Gasteiger partial charge on any atom is 0.251 e. The standard InChI is InChI=1S/C20H27F4NO3S/c1-4-5-11-28-20(2,3)19(27)25-10-8-6-7-9-15(26)29-18-16(23)13(21)12-14(22)17(18)24/h12H,4-11H2,1-3H3,(H,25,27). The van der Waals surface area contributed by atoms with E-state index in [2.05, 4.69) is 5.32 Å². The van der Waals surface area contributed by atoms with Gasteiger partial charge in [0.05, 0.1) is 4.90 Å². The van der Waals surface area contributed by atoms with Crippen molar-refractivity contribution in [2.45, 2.75) is 69.8 Å². The summed E-state index contributed by atoms with van der Waals surface area (Å²) in [6.07, 6.45) is 3.44. The highest BCUT2D eigenvalue weighted by molar-refractivity contribution is 8.13. The molecule has 4 nitrogen and oxygen atoms in total. The zero-order valence-electron chi connectivity index (χ0n) is 16.9. The molecule has 9 heteroatoms. The summed E-state index contributed by atoms with van der Waals surface area (Å²) >= 11 is 0.151. The second kappa shape index (κ2) is 12.2. The number of halogens is 4. The Balaban J connectivity index is 2.30. The Kier molecular flexibility index (Phi) is 10.7. The Labute approximate surface area is 172 Å². The predicted molar refractivity (Wildman–Crippen MR) is 104 cm³/mol. The number of hydrogen-bond donors (Lipinski definition) is 1. The van der Waals surface area contributed by atoms with Crippen LogP contribution in [0.1, 0.15) is 59.3 Å². The fourth-order valence-corrected chi connectivity index (χ4v) is 3.18. The first-order valence-electron chi connectivity index (χ1n) is 9.56. The number of benzene rings is 1. The largest absolute Gasteiger partial charge is 0.366 e. The molecule has 0 spiro atoms. The summed E-state index contributed by atoms with van der Waals surface area (Å²) in [6, 6.07) is 0.101. The third kappa shape index (κ3) is 8.34. The Morgan fingerprint density at radius 2 is 1.66 bits per heavy atom. The molecule has 0 bridgehead atoms. The Morgan fingerprint density at radius 1 is 1.03 bits per heavy atom. The first kappa shape index (κ1) is 25.4. The number of rotatable bonds is 12. The van der Waals surface area contributed by atoms with Crippen molar-refractivity contribution in [3.05, 3.63) is 29.3 Å². The van der Waals surface area contributed by atoms with Crippen LogP contribution in [0.3, 0.4) is 0 Å². The van der Waals surface area contributed by atoms with Gasteiger partial charge in [0.15, 0.2) is 28.4 Å². The van der Waals surface area contributed by atoms with E-state index in [0.717, 1.165) is 12.8 Å². The van der Waals surface area contributed by atoms with Gasteiger partial charge >= 0.3 is 0 Å². The van der Waals surface area contributed by atoms with Crippen LogP contribution < -0.4 is 5.32 Å². The zero-order chi connectivity index (χ0) is 22.0. The highest BCUT2D eigenvalue weighted by Crippen LogP contribution is 2.30. The Bertz CT molecular complexity index is 687. The lowest BCUT2D eigenvalue weighted by Gasteiger charge is -2.24.